The van der Waals surface area contributed by atoms with Crippen LogP contribution in [0.25, 0.3) is 0 Å². The van der Waals surface area contributed by atoms with Gasteiger partial charge in [-0.3, -0.25) is 9.89 Å². The van der Waals surface area contributed by atoms with Gasteiger partial charge in [0.15, 0.2) is 0 Å². The fraction of sp³-hybridized carbons (Fsp3) is 0.636. The van der Waals surface area contributed by atoms with Crippen molar-refractivity contribution >= 4 is 5.91 Å². The van der Waals surface area contributed by atoms with E-state index in [0.29, 0.717) is 5.69 Å². The van der Waals surface area contributed by atoms with Crippen LogP contribution in [0.4, 0.5) is 0 Å². The number of H-pyrrole nitrogens is 1. The van der Waals surface area contributed by atoms with Crippen LogP contribution in [-0.2, 0) is 0 Å². The van der Waals surface area contributed by atoms with Crippen LogP contribution in [-0.4, -0.2) is 22.6 Å². The molecule has 15 heavy (non-hydrogen) atoms. The Bertz CT molecular complexity index is 307. The van der Waals surface area contributed by atoms with Crippen LogP contribution in [0.3, 0.4) is 0 Å². The minimum Gasteiger partial charge on any atom is -0.351 e. The second kappa shape index (κ2) is 6.22. The number of unbranched alkanes of at least 4 members (excludes halogenated alkanes) is 3. The van der Waals surface area contributed by atoms with E-state index in [9.17, 15) is 4.79 Å². The molecule has 1 rings (SSSR count). The zero-order valence-corrected chi connectivity index (χ0v) is 9.47. The maximum Gasteiger partial charge on any atom is 0.271 e. The lowest BCUT2D eigenvalue weighted by Gasteiger charge is -2.01. The van der Waals surface area contributed by atoms with Gasteiger partial charge in [0, 0.05) is 12.2 Å². The first-order valence-corrected chi connectivity index (χ1v) is 5.54. The van der Waals surface area contributed by atoms with Crippen LogP contribution in [0.1, 0.15) is 48.8 Å². The molecule has 4 heteroatoms. The van der Waals surface area contributed by atoms with E-state index in [2.05, 4.69) is 22.4 Å². The summed E-state index contributed by atoms with van der Waals surface area (Å²) in [6, 6.07) is 1.75. The summed E-state index contributed by atoms with van der Waals surface area (Å²) in [6.07, 6.45) is 4.67. The van der Waals surface area contributed by atoms with Crippen molar-refractivity contribution in [3.63, 3.8) is 0 Å². The summed E-state index contributed by atoms with van der Waals surface area (Å²) in [5.41, 5.74) is 1.38. The van der Waals surface area contributed by atoms with E-state index in [1.807, 2.05) is 6.92 Å². The minimum atomic E-state index is -0.0872. The predicted molar refractivity (Wildman–Crippen MR) is 59.8 cm³/mol. The second-order valence-corrected chi connectivity index (χ2v) is 3.75. The van der Waals surface area contributed by atoms with Gasteiger partial charge in [-0.1, -0.05) is 26.2 Å². The molecule has 1 aromatic rings. The monoisotopic (exact) mass is 209 g/mol. The molecule has 1 amide bonds. The Kier molecular flexibility index (Phi) is 4.87. The number of hydrogen-bond acceptors (Lipinski definition) is 2. The Morgan fingerprint density at radius 3 is 2.87 bits per heavy atom. The number of hydrogen-bond donors (Lipinski definition) is 2. The molecule has 4 nitrogen and oxygen atoms in total. The number of aromatic amines is 1. The quantitative estimate of drug-likeness (QED) is 0.704. The van der Waals surface area contributed by atoms with Gasteiger partial charge in [-0.15, -0.1) is 0 Å². The third-order valence-corrected chi connectivity index (χ3v) is 2.25. The summed E-state index contributed by atoms with van der Waals surface area (Å²) in [5, 5.41) is 9.49. The molecule has 0 saturated carbocycles. The second-order valence-electron chi connectivity index (χ2n) is 3.75. The summed E-state index contributed by atoms with van der Waals surface area (Å²) < 4.78 is 0. The number of nitrogens with one attached hydrogen (secondary N) is 2. The number of nitrogens with zero attached hydrogens (tertiary/aromatic N) is 1. The van der Waals surface area contributed by atoms with E-state index >= 15 is 0 Å². The number of amides is 1. The van der Waals surface area contributed by atoms with Crippen molar-refractivity contribution in [3.8, 4) is 0 Å². The van der Waals surface area contributed by atoms with Gasteiger partial charge in [0.1, 0.15) is 5.69 Å². The summed E-state index contributed by atoms with van der Waals surface area (Å²) >= 11 is 0. The van der Waals surface area contributed by atoms with Gasteiger partial charge in [-0.2, -0.15) is 5.10 Å². The Morgan fingerprint density at radius 1 is 1.47 bits per heavy atom. The molecule has 0 aromatic carbocycles. The van der Waals surface area contributed by atoms with Gasteiger partial charge in [-0.05, 0) is 19.4 Å². The van der Waals surface area contributed by atoms with Crippen molar-refractivity contribution in [2.45, 2.75) is 39.5 Å². The standard InChI is InChI=1S/C11H19N3O/c1-3-4-5-6-7-12-11(15)10-8-9(2)13-14-10/h8H,3-7H2,1-2H3,(H,12,15)(H,13,14). The molecular weight excluding hydrogens is 190 g/mol. The highest BCUT2D eigenvalue weighted by Gasteiger charge is 2.07. The molecule has 84 valence electrons. The number of rotatable bonds is 6. The zero-order valence-electron chi connectivity index (χ0n) is 9.47. The average molecular weight is 209 g/mol. The number of carbonyl (C=O) groups excluding carboxylic acids is 1. The van der Waals surface area contributed by atoms with Crippen LogP contribution in [0, 0.1) is 6.92 Å². The van der Waals surface area contributed by atoms with Crippen molar-refractivity contribution in [2.75, 3.05) is 6.54 Å². The Morgan fingerprint density at radius 2 is 2.27 bits per heavy atom. The van der Waals surface area contributed by atoms with Crippen molar-refractivity contribution in [3.05, 3.63) is 17.5 Å². The normalized spacial score (nSPS) is 10.3. The first-order chi connectivity index (χ1) is 7.24. The molecule has 0 fully saturated rings. The molecule has 1 heterocycles. The summed E-state index contributed by atoms with van der Waals surface area (Å²) in [7, 11) is 0. The number of aromatic nitrogens is 2. The number of aryl methyl sites for hydroxylation is 1. The molecule has 0 spiro atoms. The Labute approximate surface area is 90.5 Å². The van der Waals surface area contributed by atoms with Crippen LogP contribution in [0.2, 0.25) is 0 Å². The van der Waals surface area contributed by atoms with E-state index in [4.69, 9.17) is 0 Å². The molecule has 0 bridgehead atoms. The van der Waals surface area contributed by atoms with Crippen LogP contribution >= 0.6 is 0 Å². The number of carbonyl (C=O) groups is 1. The lowest BCUT2D eigenvalue weighted by molar-refractivity contribution is 0.0948. The van der Waals surface area contributed by atoms with Gasteiger partial charge in [0.05, 0.1) is 0 Å². The maximum atomic E-state index is 11.5. The van der Waals surface area contributed by atoms with Crippen molar-refractivity contribution < 1.29 is 4.79 Å². The van der Waals surface area contributed by atoms with E-state index in [1.54, 1.807) is 6.07 Å². The van der Waals surface area contributed by atoms with Crippen LogP contribution < -0.4 is 5.32 Å². The molecule has 0 atom stereocenters. The van der Waals surface area contributed by atoms with Gasteiger partial charge >= 0.3 is 0 Å². The van der Waals surface area contributed by atoms with Crippen LogP contribution in [0.5, 0.6) is 0 Å². The van der Waals surface area contributed by atoms with Gasteiger partial charge in [-0.25, -0.2) is 0 Å². The highest BCUT2D eigenvalue weighted by atomic mass is 16.1. The first-order valence-electron chi connectivity index (χ1n) is 5.54. The highest BCUT2D eigenvalue weighted by Crippen LogP contribution is 1.99. The molecule has 2 N–H and O–H groups in total. The fourth-order valence-electron chi connectivity index (χ4n) is 1.38. The lowest BCUT2D eigenvalue weighted by Crippen LogP contribution is -2.24. The van der Waals surface area contributed by atoms with Crippen molar-refractivity contribution in [1.29, 1.82) is 0 Å². The SMILES string of the molecule is CCCCCCNC(=O)c1cc(C)[nH]n1. The molecule has 1 aromatic heterocycles. The first kappa shape index (κ1) is 11.8. The molecule has 0 unspecified atom stereocenters. The van der Waals surface area contributed by atoms with Crippen LogP contribution in [0.15, 0.2) is 6.07 Å². The zero-order chi connectivity index (χ0) is 11.1. The molecule has 0 radical (unpaired) electrons. The summed E-state index contributed by atoms with van der Waals surface area (Å²) in [6.45, 7) is 4.79. The van der Waals surface area contributed by atoms with E-state index in [-0.39, 0.29) is 5.91 Å². The fourth-order valence-corrected chi connectivity index (χ4v) is 1.38. The molecule has 0 saturated heterocycles. The van der Waals surface area contributed by atoms with Gasteiger partial charge in [0.25, 0.3) is 5.91 Å². The van der Waals surface area contributed by atoms with Crippen molar-refractivity contribution in [1.82, 2.24) is 15.5 Å². The lowest BCUT2D eigenvalue weighted by atomic mass is 10.2. The van der Waals surface area contributed by atoms with E-state index in [0.717, 1.165) is 18.7 Å². The highest BCUT2D eigenvalue weighted by molar-refractivity contribution is 5.92. The molecule has 0 aliphatic rings. The molecule has 0 aliphatic heterocycles. The minimum absolute atomic E-state index is 0.0872. The Hall–Kier alpha value is -1.32. The maximum absolute atomic E-state index is 11.5. The third kappa shape index (κ3) is 4.14. The third-order valence-electron chi connectivity index (χ3n) is 2.25. The van der Waals surface area contributed by atoms with E-state index in [1.165, 1.54) is 19.3 Å². The van der Waals surface area contributed by atoms with Crippen molar-refractivity contribution in [2.24, 2.45) is 0 Å². The predicted octanol–water partition coefficient (Wildman–Crippen LogP) is 2.03. The summed E-state index contributed by atoms with van der Waals surface area (Å²) in [5.74, 6) is -0.0872. The molecule has 0 aliphatic carbocycles. The largest absolute Gasteiger partial charge is 0.351 e. The van der Waals surface area contributed by atoms with Gasteiger partial charge in [0.2, 0.25) is 0 Å². The topological polar surface area (TPSA) is 57.8 Å². The van der Waals surface area contributed by atoms with Gasteiger partial charge < -0.3 is 5.32 Å². The smallest absolute Gasteiger partial charge is 0.271 e. The average Bonchev–Trinajstić information content (AvgIpc) is 2.64. The molecular formula is C11H19N3O. The van der Waals surface area contributed by atoms with E-state index < -0.39 is 0 Å². The summed E-state index contributed by atoms with van der Waals surface area (Å²) in [4.78, 5) is 11.5. The Balaban J connectivity index is 2.19.